The molecule has 0 spiro atoms. The summed E-state index contributed by atoms with van der Waals surface area (Å²) in [7, 11) is 0. The van der Waals surface area contributed by atoms with Gasteiger partial charge in [-0.25, -0.2) is 4.98 Å². The van der Waals surface area contributed by atoms with Crippen LogP contribution in [0.1, 0.15) is 42.6 Å². The summed E-state index contributed by atoms with van der Waals surface area (Å²) >= 11 is 0. The molecule has 0 saturated carbocycles. The van der Waals surface area contributed by atoms with Crippen molar-refractivity contribution in [3.8, 4) is 0 Å². The van der Waals surface area contributed by atoms with Gasteiger partial charge in [0.2, 0.25) is 0 Å². The zero-order chi connectivity index (χ0) is 15.2. The van der Waals surface area contributed by atoms with Crippen LogP contribution in [-0.2, 0) is 0 Å². The van der Waals surface area contributed by atoms with E-state index < -0.39 is 0 Å². The van der Waals surface area contributed by atoms with E-state index in [2.05, 4.69) is 29.5 Å². The molecule has 1 amide bonds. The van der Waals surface area contributed by atoms with Crippen molar-refractivity contribution in [1.29, 1.82) is 0 Å². The van der Waals surface area contributed by atoms with E-state index >= 15 is 0 Å². The van der Waals surface area contributed by atoms with Crippen molar-refractivity contribution >= 4 is 17.4 Å². The van der Waals surface area contributed by atoms with Gasteiger partial charge >= 0.3 is 0 Å². The van der Waals surface area contributed by atoms with E-state index in [-0.39, 0.29) is 5.91 Å². The fourth-order valence-corrected chi connectivity index (χ4v) is 2.16. The summed E-state index contributed by atoms with van der Waals surface area (Å²) in [6, 6.07) is 11.4. The summed E-state index contributed by atoms with van der Waals surface area (Å²) in [6.07, 6.45) is 1.64. The standard InChI is InChI=1S/C17H21N3O/c1-4-18-16-11-13(9-10-19-16)17(21)20-15-8-6-5-7-14(15)12(2)3/h5-12H,4H2,1-3H3,(H,18,19)(H,20,21). The zero-order valence-corrected chi connectivity index (χ0v) is 12.7. The minimum Gasteiger partial charge on any atom is -0.370 e. The minimum atomic E-state index is -0.121. The Morgan fingerprint density at radius 1 is 1.24 bits per heavy atom. The molecule has 1 aromatic carbocycles. The van der Waals surface area contributed by atoms with Crippen LogP contribution in [0.15, 0.2) is 42.6 Å². The summed E-state index contributed by atoms with van der Waals surface area (Å²) in [4.78, 5) is 16.6. The van der Waals surface area contributed by atoms with Gasteiger partial charge in [-0.2, -0.15) is 0 Å². The van der Waals surface area contributed by atoms with E-state index in [9.17, 15) is 4.79 Å². The Morgan fingerprint density at radius 2 is 2.00 bits per heavy atom. The largest absolute Gasteiger partial charge is 0.370 e. The van der Waals surface area contributed by atoms with Crippen LogP contribution in [0.25, 0.3) is 0 Å². The van der Waals surface area contributed by atoms with Crippen LogP contribution in [-0.4, -0.2) is 17.4 Å². The first-order chi connectivity index (χ1) is 10.1. The van der Waals surface area contributed by atoms with Crippen LogP contribution in [0.3, 0.4) is 0 Å². The van der Waals surface area contributed by atoms with Gasteiger partial charge in [0, 0.05) is 24.0 Å². The lowest BCUT2D eigenvalue weighted by Gasteiger charge is -2.14. The number of carbonyl (C=O) groups excluding carboxylic acids is 1. The zero-order valence-electron chi connectivity index (χ0n) is 12.7. The Morgan fingerprint density at radius 3 is 2.71 bits per heavy atom. The first-order valence-electron chi connectivity index (χ1n) is 7.22. The molecule has 0 atom stereocenters. The van der Waals surface area contributed by atoms with Crippen molar-refractivity contribution in [3.63, 3.8) is 0 Å². The fourth-order valence-electron chi connectivity index (χ4n) is 2.16. The maximum absolute atomic E-state index is 12.4. The molecule has 1 heterocycles. The molecular formula is C17H21N3O. The van der Waals surface area contributed by atoms with Crippen LogP contribution in [0.4, 0.5) is 11.5 Å². The van der Waals surface area contributed by atoms with E-state index in [4.69, 9.17) is 0 Å². The molecule has 0 saturated heterocycles. The summed E-state index contributed by atoms with van der Waals surface area (Å²) in [5.74, 6) is 0.947. The second-order valence-corrected chi connectivity index (χ2v) is 5.16. The first-order valence-corrected chi connectivity index (χ1v) is 7.22. The Hall–Kier alpha value is -2.36. The Bertz CT molecular complexity index is 623. The number of para-hydroxylation sites is 1. The highest BCUT2D eigenvalue weighted by Crippen LogP contribution is 2.24. The number of amides is 1. The predicted octanol–water partition coefficient (Wildman–Crippen LogP) is 3.89. The smallest absolute Gasteiger partial charge is 0.255 e. The van der Waals surface area contributed by atoms with Crippen LogP contribution in [0, 0.1) is 0 Å². The third-order valence-electron chi connectivity index (χ3n) is 3.21. The highest BCUT2D eigenvalue weighted by Gasteiger charge is 2.11. The molecule has 4 heteroatoms. The van der Waals surface area contributed by atoms with Crippen LogP contribution >= 0.6 is 0 Å². The van der Waals surface area contributed by atoms with Crippen molar-refractivity contribution in [2.75, 3.05) is 17.2 Å². The molecule has 0 radical (unpaired) electrons. The number of benzene rings is 1. The maximum atomic E-state index is 12.4. The van der Waals surface area contributed by atoms with E-state index in [0.717, 1.165) is 17.8 Å². The lowest BCUT2D eigenvalue weighted by Crippen LogP contribution is -2.14. The number of hydrogen-bond acceptors (Lipinski definition) is 3. The summed E-state index contributed by atoms with van der Waals surface area (Å²) < 4.78 is 0. The van der Waals surface area contributed by atoms with Gasteiger partial charge in [0.1, 0.15) is 5.82 Å². The van der Waals surface area contributed by atoms with Crippen LogP contribution in [0.5, 0.6) is 0 Å². The average Bonchev–Trinajstić information content (AvgIpc) is 2.48. The van der Waals surface area contributed by atoms with Crippen molar-refractivity contribution in [3.05, 3.63) is 53.7 Å². The molecule has 0 aliphatic carbocycles. The molecule has 2 N–H and O–H groups in total. The number of nitrogens with one attached hydrogen (secondary N) is 2. The van der Waals surface area contributed by atoms with Gasteiger partial charge in [-0.3, -0.25) is 4.79 Å². The summed E-state index contributed by atoms with van der Waals surface area (Å²) in [5, 5.41) is 6.09. The van der Waals surface area contributed by atoms with Crippen LogP contribution in [0.2, 0.25) is 0 Å². The lowest BCUT2D eigenvalue weighted by molar-refractivity contribution is 0.102. The Kier molecular flexibility index (Phi) is 4.93. The van der Waals surface area contributed by atoms with Crippen molar-refractivity contribution in [2.45, 2.75) is 26.7 Å². The van der Waals surface area contributed by atoms with Gasteiger partial charge < -0.3 is 10.6 Å². The molecule has 0 bridgehead atoms. The topological polar surface area (TPSA) is 54.0 Å². The molecule has 110 valence electrons. The van der Waals surface area contributed by atoms with E-state index in [1.54, 1.807) is 18.3 Å². The van der Waals surface area contributed by atoms with E-state index in [0.29, 0.717) is 17.3 Å². The molecule has 1 aromatic heterocycles. The number of nitrogens with zero attached hydrogens (tertiary/aromatic N) is 1. The SMILES string of the molecule is CCNc1cc(C(=O)Nc2ccccc2C(C)C)ccn1. The van der Waals surface area contributed by atoms with Gasteiger partial charge in [0.15, 0.2) is 0 Å². The van der Waals surface area contributed by atoms with E-state index in [1.807, 2.05) is 31.2 Å². The number of pyridine rings is 1. The lowest BCUT2D eigenvalue weighted by atomic mass is 10.0. The van der Waals surface area contributed by atoms with Crippen molar-refractivity contribution in [1.82, 2.24) is 4.98 Å². The molecule has 0 aliphatic heterocycles. The van der Waals surface area contributed by atoms with Gasteiger partial charge in [0.25, 0.3) is 5.91 Å². The molecule has 2 rings (SSSR count). The molecule has 0 aliphatic rings. The van der Waals surface area contributed by atoms with Gasteiger partial charge in [0.05, 0.1) is 0 Å². The monoisotopic (exact) mass is 283 g/mol. The van der Waals surface area contributed by atoms with Gasteiger partial charge in [-0.05, 0) is 36.6 Å². The second-order valence-electron chi connectivity index (χ2n) is 5.16. The number of anilines is 2. The molecule has 0 unspecified atom stereocenters. The average molecular weight is 283 g/mol. The summed E-state index contributed by atoms with van der Waals surface area (Å²) in [6.45, 7) is 6.99. The van der Waals surface area contributed by atoms with Crippen molar-refractivity contribution in [2.24, 2.45) is 0 Å². The predicted molar refractivity (Wildman–Crippen MR) is 86.9 cm³/mol. The third kappa shape index (κ3) is 3.81. The second kappa shape index (κ2) is 6.88. The number of rotatable bonds is 5. The highest BCUT2D eigenvalue weighted by molar-refractivity contribution is 6.05. The van der Waals surface area contributed by atoms with Crippen LogP contribution < -0.4 is 10.6 Å². The van der Waals surface area contributed by atoms with E-state index in [1.165, 1.54) is 0 Å². The highest BCUT2D eigenvalue weighted by atomic mass is 16.1. The number of aromatic nitrogens is 1. The van der Waals surface area contributed by atoms with Crippen molar-refractivity contribution < 1.29 is 4.79 Å². The minimum absolute atomic E-state index is 0.121. The number of hydrogen-bond donors (Lipinski definition) is 2. The summed E-state index contributed by atoms with van der Waals surface area (Å²) in [5.41, 5.74) is 2.59. The number of carbonyl (C=O) groups is 1. The quantitative estimate of drug-likeness (QED) is 0.875. The molecule has 0 fully saturated rings. The Labute approximate surface area is 125 Å². The maximum Gasteiger partial charge on any atom is 0.255 e. The Balaban J connectivity index is 2.20. The fraction of sp³-hybridized carbons (Fsp3) is 0.294. The third-order valence-corrected chi connectivity index (χ3v) is 3.21. The molecule has 2 aromatic rings. The van der Waals surface area contributed by atoms with Gasteiger partial charge in [-0.1, -0.05) is 32.0 Å². The molecule has 4 nitrogen and oxygen atoms in total. The molecular weight excluding hydrogens is 262 g/mol. The normalized spacial score (nSPS) is 10.5. The van der Waals surface area contributed by atoms with Gasteiger partial charge in [-0.15, -0.1) is 0 Å². The first kappa shape index (κ1) is 15.0. The molecule has 21 heavy (non-hydrogen) atoms.